The van der Waals surface area contributed by atoms with Crippen LogP contribution in [0.3, 0.4) is 0 Å². The van der Waals surface area contributed by atoms with Crippen LogP contribution in [0, 0.1) is 5.92 Å². The lowest BCUT2D eigenvalue weighted by molar-refractivity contribution is 0.213. The number of hydrogen-bond acceptors (Lipinski definition) is 5. The first-order valence-electron chi connectivity index (χ1n) is 5.11. The maximum atomic E-state index is 11.2. The Labute approximate surface area is 105 Å². The summed E-state index contributed by atoms with van der Waals surface area (Å²) >= 11 is 5.88. The zero-order valence-corrected chi connectivity index (χ0v) is 10.9. The van der Waals surface area contributed by atoms with Gasteiger partial charge in [0.15, 0.2) is 0 Å². The molecule has 0 aromatic carbocycles. The van der Waals surface area contributed by atoms with E-state index in [1.807, 2.05) is 0 Å². The maximum Gasteiger partial charge on any atom is 0.211 e. The largest absolute Gasteiger partial charge is 0.368 e. The molecular formula is C9H13ClN4O2S. The van der Waals surface area contributed by atoms with E-state index in [-0.39, 0.29) is 0 Å². The first-order chi connectivity index (χ1) is 7.97. The van der Waals surface area contributed by atoms with Crippen molar-refractivity contribution in [2.24, 2.45) is 5.92 Å². The maximum absolute atomic E-state index is 11.2. The molecule has 2 heterocycles. The highest BCUT2D eigenvalue weighted by Gasteiger charge is 2.32. The quantitative estimate of drug-likeness (QED) is 0.863. The molecule has 1 aromatic rings. The first-order valence-corrected chi connectivity index (χ1v) is 7.34. The highest BCUT2D eigenvalue weighted by atomic mass is 35.5. The highest BCUT2D eigenvalue weighted by Crippen LogP contribution is 2.21. The Morgan fingerprint density at radius 2 is 2.29 bits per heavy atom. The van der Waals surface area contributed by atoms with E-state index in [1.165, 1.54) is 23.1 Å². The molecule has 1 aliphatic rings. The van der Waals surface area contributed by atoms with Crippen LogP contribution in [0.15, 0.2) is 12.5 Å². The van der Waals surface area contributed by atoms with Gasteiger partial charge in [-0.05, 0) is 0 Å². The molecule has 0 aliphatic carbocycles. The van der Waals surface area contributed by atoms with Crippen molar-refractivity contribution in [3.05, 3.63) is 17.5 Å². The Morgan fingerprint density at radius 3 is 2.88 bits per heavy atom. The van der Waals surface area contributed by atoms with Crippen LogP contribution >= 0.6 is 11.6 Å². The van der Waals surface area contributed by atoms with Crippen LogP contribution in [0.4, 0.5) is 5.82 Å². The minimum atomic E-state index is -3.04. The Hall–Kier alpha value is -0.920. The van der Waals surface area contributed by atoms with Crippen LogP contribution in [0.1, 0.15) is 0 Å². The summed E-state index contributed by atoms with van der Waals surface area (Å²) in [6.07, 6.45) is 4.15. The molecule has 94 valence electrons. The molecule has 1 saturated heterocycles. The smallest absolute Gasteiger partial charge is 0.211 e. The molecule has 6 nitrogen and oxygen atoms in total. The number of halogens is 1. The van der Waals surface area contributed by atoms with Crippen LogP contribution in [-0.4, -0.2) is 48.6 Å². The standard InChI is InChI=1S/C9H13ClN4O2S/c1-17(15,16)14-4-7(5-14)2-12-9-8(10)3-11-6-13-9/h3,6-7H,2,4-5H2,1H3,(H,11,12,13). The fraction of sp³-hybridized carbons (Fsp3) is 0.556. The molecule has 1 aliphatic heterocycles. The number of hydrogen-bond donors (Lipinski definition) is 1. The second-order valence-corrected chi connectivity index (χ2v) is 6.44. The number of sulfonamides is 1. The van der Waals surface area contributed by atoms with Crippen molar-refractivity contribution >= 4 is 27.4 Å². The number of rotatable bonds is 4. The predicted octanol–water partition coefficient (Wildman–Crippen LogP) is 0.433. The van der Waals surface area contributed by atoms with E-state index in [9.17, 15) is 8.42 Å². The molecule has 8 heteroatoms. The van der Waals surface area contributed by atoms with Crippen LogP contribution < -0.4 is 5.32 Å². The predicted molar refractivity (Wildman–Crippen MR) is 65.4 cm³/mol. The minimum Gasteiger partial charge on any atom is -0.368 e. The number of anilines is 1. The third kappa shape index (κ3) is 3.05. The van der Waals surface area contributed by atoms with E-state index in [0.717, 1.165) is 0 Å². The molecule has 1 N–H and O–H groups in total. The van der Waals surface area contributed by atoms with Crippen molar-refractivity contribution in [2.45, 2.75) is 0 Å². The number of aromatic nitrogens is 2. The SMILES string of the molecule is CS(=O)(=O)N1CC(CNc2ncncc2Cl)C1. The average molecular weight is 277 g/mol. The third-order valence-electron chi connectivity index (χ3n) is 2.62. The summed E-state index contributed by atoms with van der Waals surface area (Å²) in [7, 11) is -3.04. The third-order valence-corrected chi connectivity index (χ3v) is 4.13. The van der Waals surface area contributed by atoms with Gasteiger partial charge in [0.25, 0.3) is 0 Å². The normalized spacial score (nSPS) is 17.8. The van der Waals surface area contributed by atoms with Crippen molar-refractivity contribution < 1.29 is 8.42 Å². The molecule has 0 atom stereocenters. The molecule has 0 radical (unpaired) electrons. The Bertz CT molecular complexity index is 501. The molecule has 0 bridgehead atoms. The second kappa shape index (κ2) is 4.75. The fourth-order valence-corrected chi connectivity index (χ4v) is 2.74. The number of nitrogens with one attached hydrogen (secondary N) is 1. The lowest BCUT2D eigenvalue weighted by Gasteiger charge is -2.37. The lowest BCUT2D eigenvalue weighted by atomic mass is 10.0. The highest BCUT2D eigenvalue weighted by molar-refractivity contribution is 7.88. The van der Waals surface area contributed by atoms with E-state index in [4.69, 9.17) is 11.6 Å². The van der Waals surface area contributed by atoms with Crippen molar-refractivity contribution in [3.8, 4) is 0 Å². The van der Waals surface area contributed by atoms with Gasteiger partial charge in [-0.3, -0.25) is 0 Å². The van der Waals surface area contributed by atoms with E-state index >= 15 is 0 Å². The van der Waals surface area contributed by atoms with E-state index in [2.05, 4.69) is 15.3 Å². The zero-order valence-electron chi connectivity index (χ0n) is 9.30. The van der Waals surface area contributed by atoms with Gasteiger partial charge in [-0.1, -0.05) is 11.6 Å². The van der Waals surface area contributed by atoms with Gasteiger partial charge in [-0.25, -0.2) is 22.7 Å². The summed E-state index contributed by atoms with van der Waals surface area (Å²) in [6, 6.07) is 0. The molecule has 0 spiro atoms. The van der Waals surface area contributed by atoms with Crippen LogP contribution in [0.25, 0.3) is 0 Å². The van der Waals surface area contributed by atoms with Gasteiger partial charge in [-0.15, -0.1) is 0 Å². The first kappa shape index (κ1) is 12.5. The van der Waals surface area contributed by atoms with Crippen molar-refractivity contribution in [3.63, 3.8) is 0 Å². The summed E-state index contributed by atoms with van der Waals surface area (Å²) in [4.78, 5) is 7.77. The minimum absolute atomic E-state index is 0.302. The molecule has 1 fully saturated rings. The van der Waals surface area contributed by atoms with Gasteiger partial charge < -0.3 is 5.32 Å². The Balaban J connectivity index is 1.81. The fourth-order valence-electron chi connectivity index (χ4n) is 1.61. The Kier molecular flexibility index (Phi) is 3.50. The average Bonchev–Trinajstić information content (AvgIpc) is 2.16. The van der Waals surface area contributed by atoms with Gasteiger partial charge in [0.1, 0.15) is 17.2 Å². The van der Waals surface area contributed by atoms with E-state index in [1.54, 1.807) is 0 Å². The molecule has 2 rings (SSSR count). The van der Waals surface area contributed by atoms with Crippen molar-refractivity contribution in [2.75, 3.05) is 31.2 Å². The van der Waals surface area contributed by atoms with Gasteiger partial charge in [0.05, 0.1) is 12.5 Å². The van der Waals surface area contributed by atoms with Crippen LogP contribution in [0.2, 0.25) is 5.02 Å². The lowest BCUT2D eigenvalue weighted by Crippen LogP contribution is -2.51. The number of nitrogens with zero attached hydrogens (tertiary/aromatic N) is 3. The summed E-state index contributed by atoms with van der Waals surface area (Å²) in [5.74, 6) is 0.884. The summed E-state index contributed by atoms with van der Waals surface area (Å²) in [6.45, 7) is 1.76. The summed E-state index contributed by atoms with van der Waals surface area (Å²) in [5.41, 5.74) is 0. The summed E-state index contributed by atoms with van der Waals surface area (Å²) in [5, 5.41) is 3.55. The molecule has 0 amide bonds. The monoisotopic (exact) mass is 276 g/mol. The second-order valence-electron chi connectivity index (χ2n) is 4.05. The molecular weight excluding hydrogens is 264 g/mol. The Morgan fingerprint density at radius 1 is 1.59 bits per heavy atom. The molecule has 0 saturated carbocycles. The van der Waals surface area contributed by atoms with Gasteiger partial charge in [0, 0.05) is 25.6 Å². The molecule has 0 unspecified atom stereocenters. The van der Waals surface area contributed by atoms with E-state index in [0.29, 0.717) is 36.4 Å². The van der Waals surface area contributed by atoms with Crippen molar-refractivity contribution in [1.29, 1.82) is 0 Å². The molecule has 1 aromatic heterocycles. The zero-order chi connectivity index (χ0) is 12.5. The molecule has 17 heavy (non-hydrogen) atoms. The van der Waals surface area contributed by atoms with Gasteiger partial charge in [-0.2, -0.15) is 0 Å². The van der Waals surface area contributed by atoms with Gasteiger partial charge >= 0.3 is 0 Å². The van der Waals surface area contributed by atoms with Crippen molar-refractivity contribution in [1.82, 2.24) is 14.3 Å². The van der Waals surface area contributed by atoms with Crippen LogP contribution in [0.5, 0.6) is 0 Å². The topological polar surface area (TPSA) is 75.2 Å². The van der Waals surface area contributed by atoms with E-state index < -0.39 is 10.0 Å². The summed E-state index contributed by atoms with van der Waals surface area (Å²) < 4.78 is 23.7. The van der Waals surface area contributed by atoms with Gasteiger partial charge in [0.2, 0.25) is 10.0 Å². The van der Waals surface area contributed by atoms with Crippen LogP contribution in [-0.2, 0) is 10.0 Å².